The predicted octanol–water partition coefficient (Wildman–Crippen LogP) is 8.97. The summed E-state index contributed by atoms with van der Waals surface area (Å²) in [6, 6.07) is 6.78. The number of allylic oxidation sites excluding steroid dienone is 1. The van der Waals surface area contributed by atoms with Gasteiger partial charge in [0, 0.05) is 6.08 Å². The third-order valence-corrected chi connectivity index (χ3v) is 12.8. The van der Waals surface area contributed by atoms with Gasteiger partial charge >= 0.3 is 5.97 Å². The molecule has 2 N–H and O–H groups in total. The molecule has 42 heavy (non-hydrogen) atoms. The van der Waals surface area contributed by atoms with Gasteiger partial charge in [0.05, 0.1) is 12.7 Å². The minimum absolute atomic E-state index is 0.124. The van der Waals surface area contributed by atoms with Crippen LogP contribution in [0.1, 0.15) is 111 Å². The van der Waals surface area contributed by atoms with E-state index in [-0.39, 0.29) is 17.8 Å². The molecule has 4 heteroatoms. The molecule has 0 radical (unpaired) electrons. The van der Waals surface area contributed by atoms with Crippen LogP contribution in [-0.4, -0.2) is 28.9 Å². The standard InChI is InChI=1S/C38H56O4/c1-25(2)28(20-23-42-36(41)17-9-27-7-12-30(39)13-8-27)10-6-26(3)33-15-16-34-32-14-11-29-24-31(40)18-21-37(29,4)35(32)19-22-38(33,34)5/h7-9,11-13,17,25-26,28,31-35,39-40H,6,10,14-16,18-24H2,1-5H3/b17-9+/t26-,28+,31+,32+,33-,34+,35+,37+,38-/m1/s1. The Morgan fingerprint density at radius 2 is 1.76 bits per heavy atom. The van der Waals surface area contributed by atoms with E-state index in [1.807, 2.05) is 0 Å². The molecule has 0 aromatic heterocycles. The molecule has 4 aliphatic carbocycles. The highest BCUT2D eigenvalue weighted by molar-refractivity contribution is 5.87. The Hall–Kier alpha value is -2.07. The lowest BCUT2D eigenvalue weighted by Crippen LogP contribution is -2.50. The summed E-state index contributed by atoms with van der Waals surface area (Å²) in [5.41, 5.74) is 3.22. The van der Waals surface area contributed by atoms with E-state index in [1.54, 1.807) is 35.9 Å². The first kappa shape index (κ1) is 31.4. The average Bonchev–Trinajstić information content (AvgIpc) is 3.32. The smallest absolute Gasteiger partial charge is 0.330 e. The van der Waals surface area contributed by atoms with Gasteiger partial charge in [0.15, 0.2) is 0 Å². The monoisotopic (exact) mass is 576 g/mol. The van der Waals surface area contributed by atoms with Crippen LogP contribution in [0.25, 0.3) is 6.08 Å². The van der Waals surface area contributed by atoms with Gasteiger partial charge in [0.2, 0.25) is 0 Å². The van der Waals surface area contributed by atoms with Crippen molar-refractivity contribution in [3.63, 3.8) is 0 Å². The van der Waals surface area contributed by atoms with E-state index in [4.69, 9.17) is 4.74 Å². The van der Waals surface area contributed by atoms with Crippen molar-refractivity contribution in [3.05, 3.63) is 47.6 Å². The highest BCUT2D eigenvalue weighted by Gasteiger charge is 2.59. The van der Waals surface area contributed by atoms with Crippen LogP contribution in [0.2, 0.25) is 0 Å². The topological polar surface area (TPSA) is 66.8 Å². The van der Waals surface area contributed by atoms with Crippen LogP contribution in [0.15, 0.2) is 42.0 Å². The number of rotatable bonds is 10. The maximum atomic E-state index is 12.3. The third kappa shape index (κ3) is 6.40. The fourth-order valence-corrected chi connectivity index (χ4v) is 10.2. The van der Waals surface area contributed by atoms with Gasteiger partial charge in [0.25, 0.3) is 0 Å². The Balaban J connectivity index is 1.12. The Labute approximate surface area is 255 Å². The van der Waals surface area contributed by atoms with Crippen LogP contribution in [0, 0.1) is 52.3 Å². The summed E-state index contributed by atoms with van der Waals surface area (Å²) in [6.07, 6.45) is 18.9. The Kier molecular flexibility index (Phi) is 9.62. The van der Waals surface area contributed by atoms with E-state index in [0.717, 1.165) is 54.4 Å². The van der Waals surface area contributed by atoms with E-state index in [1.165, 1.54) is 57.4 Å². The van der Waals surface area contributed by atoms with Gasteiger partial charge < -0.3 is 14.9 Å². The van der Waals surface area contributed by atoms with Gasteiger partial charge in [-0.3, -0.25) is 0 Å². The van der Waals surface area contributed by atoms with Crippen molar-refractivity contribution in [2.45, 2.75) is 111 Å². The molecule has 0 spiro atoms. The number of hydrogen-bond acceptors (Lipinski definition) is 4. The number of aliphatic hydroxyl groups excluding tert-OH is 1. The van der Waals surface area contributed by atoms with Crippen molar-refractivity contribution in [2.24, 2.45) is 52.3 Å². The number of esters is 1. The molecule has 4 nitrogen and oxygen atoms in total. The Morgan fingerprint density at radius 3 is 2.50 bits per heavy atom. The molecular formula is C38H56O4. The molecule has 5 rings (SSSR count). The molecule has 1 aromatic rings. The number of ether oxygens (including phenoxy) is 1. The van der Waals surface area contributed by atoms with E-state index >= 15 is 0 Å². The third-order valence-electron chi connectivity index (χ3n) is 12.8. The molecule has 1 aromatic carbocycles. The van der Waals surface area contributed by atoms with Crippen molar-refractivity contribution in [2.75, 3.05) is 6.61 Å². The Bertz CT molecular complexity index is 1130. The van der Waals surface area contributed by atoms with Gasteiger partial charge in [-0.2, -0.15) is 0 Å². The first-order valence-electron chi connectivity index (χ1n) is 17.0. The molecule has 9 atom stereocenters. The molecule has 0 unspecified atom stereocenters. The Morgan fingerprint density at radius 1 is 1.00 bits per heavy atom. The molecule has 232 valence electrons. The number of aliphatic hydroxyl groups is 1. The van der Waals surface area contributed by atoms with Crippen LogP contribution >= 0.6 is 0 Å². The van der Waals surface area contributed by atoms with Crippen LogP contribution < -0.4 is 0 Å². The number of phenolic OH excluding ortho intramolecular Hbond substituents is 1. The zero-order valence-electron chi connectivity index (χ0n) is 26.9. The van der Waals surface area contributed by atoms with E-state index in [2.05, 4.69) is 40.7 Å². The van der Waals surface area contributed by atoms with Crippen LogP contribution in [0.3, 0.4) is 0 Å². The first-order chi connectivity index (χ1) is 20.0. The fraction of sp³-hybridized carbons (Fsp3) is 0.711. The van der Waals surface area contributed by atoms with Crippen molar-refractivity contribution < 1.29 is 19.7 Å². The molecule has 0 aliphatic heterocycles. The maximum Gasteiger partial charge on any atom is 0.330 e. The van der Waals surface area contributed by atoms with Crippen molar-refractivity contribution in [3.8, 4) is 5.75 Å². The SMILES string of the molecule is CC(C)[C@H](CCOC(=O)/C=C/c1ccc(O)cc1)CC[C@@H](C)[C@H]1CC[C@H]2[C@@H]3CC=C4C[C@@H](O)CC[C@]4(C)[C@H]3CC[C@]12C. The summed E-state index contributed by atoms with van der Waals surface area (Å²) in [6.45, 7) is 12.8. The second kappa shape index (κ2) is 12.9. The lowest BCUT2D eigenvalue weighted by Gasteiger charge is -2.58. The summed E-state index contributed by atoms with van der Waals surface area (Å²) in [5, 5.41) is 19.8. The fourth-order valence-electron chi connectivity index (χ4n) is 10.2. The summed E-state index contributed by atoms with van der Waals surface area (Å²) in [5.74, 6) is 5.06. The minimum Gasteiger partial charge on any atom is -0.508 e. The normalized spacial score (nSPS) is 35.7. The number of phenols is 1. The van der Waals surface area contributed by atoms with Gasteiger partial charge in [-0.1, -0.05) is 64.8 Å². The second-order valence-corrected chi connectivity index (χ2v) is 15.3. The number of hydrogen-bond donors (Lipinski definition) is 2. The first-order valence-corrected chi connectivity index (χ1v) is 17.0. The highest BCUT2D eigenvalue weighted by atomic mass is 16.5. The van der Waals surface area contributed by atoms with E-state index in [0.29, 0.717) is 29.3 Å². The second-order valence-electron chi connectivity index (χ2n) is 15.3. The van der Waals surface area contributed by atoms with E-state index < -0.39 is 0 Å². The average molecular weight is 577 g/mol. The zero-order valence-corrected chi connectivity index (χ0v) is 26.9. The predicted molar refractivity (Wildman–Crippen MR) is 171 cm³/mol. The van der Waals surface area contributed by atoms with Gasteiger partial charge in [-0.05, 0) is 140 Å². The number of fused-ring (bicyclic) bond motifs is 5. The number of carbonyl (C=O) groups excluding carboxylic acids is 1. The van der Waals surface area contributed by atoms with Crippen LogP contribution in [0.4, 0.5) is 0 Å². The van der Waals surface area contributed by atoms with Crippen LogP contribution in [0.5, 0.6) is 5.75 Å². The zero-order chi connectivity index (χ0) is 30.1. The summed E-state index contributed by atoms with van der Waals surface area (Å²) >= 11 is 0. The van der Waals surface area contributed by atoms with Gasteiger partial charge in [-0.25, -0.2) is 4.79 Å². The summed E-state index contributed by atoms with van der Waals surface area (Å²) in [4.78, 5) is 12.3. The maximum absolute atomic E-state index is 12.3. The number of aromatic hydroxyl groups is 1. The lowest BCUT2D eigenvalue weighted by molar-refractivity contribution is -0.138. The molecule has 3 saturated carbocycles. The lowest BCUT2D eigenvalue weighted by atomic mass is 9.47. The van der Waals surface area contributed by atoms with Crippen molar-refractivity contribution >= 4 is 12.0 Å². The number of carbonyl (C=O) groups is 1. The van der Waals surface area contributed by atoms with E-state index in [9.17, 15) is 15.0 Å². The molecule has 0 amide bonds. The van der Waals surface area contributed by atoms with Crippen molar-refractivity contribution in [1.82, 2.24) is 0 Å². The molecule has 0 saturated heterocycles. The number of benzene rings is 1. The van der Waals surface area contributed by atoms with Crippen molar-refractivity contribution in [1.29, 1.82) is 0 Å². The molecule has 3 fully saturated rings. The highest BCUT2D eigenvalue weighted by Crippen LogP contribution is 2.67. The quantitative estimate of drug-likeness (QED) is 0.166. The summed E-state index contributed by atoms with van der Waals surface area (Å²) < 4.78 is 5.57. The molecule has 0 bridgehead atoms. The molecular weight excluding hydrogens is 520 g/mol. The largest absolute Gasteiger partial charge is 0.508 e. The molecule has 4 aliphatic rings. The minimum atomic E-state index is -0.303. The van der Waals surface area contributed by atoms with Crippen LogP contribution in [-0.2, 0) is 9.53 Å². The summed E-state index contributed by atoms with van der Waals surface area (Å²) in [7, 11) is 0. The van der Waals surface area contributed by atoms with Gasteiger partial charge in [-0.15, -0.1) is 0 Å². The molecule has 0 heterocycles. The van der Waals surface area contributed by atoms with Gasteiger partial charge in [0.1, 0.15) is 5.75 Å².